The van der Waals surface area contributed by atoms with Gasteiger partial charge >= 0.3 is 5.97 Å². The fourth-order valence-electron chi connectivity index (χ4n) is 1.92. The minimum Gasteiger partial charge on any atom is -0.338 e. The second-order valence-corrected chi connectivity index (χ2v) is 6.23. The van der Waals surface area contributed by atoms with Gasteiger partial charge in [0.25, 0.3) is 5.91 Å². The van der Waals surface area contributed by atoms with Crippen molar-refractivity contribution < 1.29 is 19.2 Å². The quantitative estimate of drug-likeness (QED) is 0.409. The summed E-state index contributed by atoms with van der Waals surface area (Å²) in [6.07, 6.45) is 3.16. The summed E-state index contributed by atoms with van der Waals surface area (Å²) >= 11 is 0. The summed E-state index contributed by atoms with van der Waals surface area (Å²) < 4.78 is 0. The molecule has 5 nitrogen and oxygen atoms in total. The first-order chi connectivity index (χ1) is 9.05. The van der Waals surface area contributed by atoms with Crippen LogP contribution < -0.4 is 0 Å². The molecule has 0 bridgehead atoms. The maximum Gasteiger partial charge on any atom is 0.338 e. The van der Waals surface area contributed by atoms with Crippen LogP contribution in [0.2, 0.25) is 0 Å². The average Bonchev–Trinajstić information content (AvgIpc) is 2.34. The van der Waals surface area contributed by atoms with E-state index in [-0.39, 0.29) is 18.3 Å². The number of hydrogen-bond donors (Lipinski definition) is 0. The average molecular weight is 283 g/mol. The van der Waals surface area contributed by atoms with Crippen LogP contribution >= 0.6 is 0 Å². The van der Waals surface area contributed by atoms with E-state index in [9.17, 15) is 14.4 Å². The van der Waals surface area contributed by atoms with Gasteiger partial charge in [-0.05, 0) is 25.7 Å². The third-order valence-electron chi connectivity index (χ3n) is 3.05. The standard InChI is InChI=1S/C15H25NO4/c1-7-14(2,3)11-15(4,5)13(19)20-16(6)12(18)9-8-10-17/h7,10H,1,8-9,11H2,2-6H3. The summed E-state index contributed by atoms with van der Waals surface area (Å²) in [5, 5.41) is 0.897. The molecule has 5 heteroatoms. The highest BCUT2D eigenvalue weighted by molar-refractivity contribution is 5.81. The number of carbonyl (C=O) groups excluding carboxylic acids is 3. The van der Waals surface area contributed by atoms with Crippen LogP contribution in [-0.2, 0) is 19.2 Å². The number of hydroxylamine groups is 2. The van der Waals surface area contributed by atoms with Crippen molar-refractivity contribution in [2.75, 3.05) is 7.05 Å². The Kier molecular flexibility index (Phi) is 6.62. The van der Waals surface area contributed by atoms with E-state index in [2.05, 4.69) is 6.58 Å². The molecule has 0 aromatic heterocycles. The number of allylic oxidation sites excluding steroid dienone is 1. The molecule has 114 valence electrons. The minimum absolute atomic E-state index is 0.0336. The lowest BCUT2D eigenvalue weighted by Crippen LogP contribution is -2.38. The molecule has 0 aliphatic rings. The Morgan fingerprint density at radius 1 is 1.25 bits per heavy atom. The van der Waals surface area contributed by atoms with Gasteiger partial charge in [0.05, 0.1) is 5.41 Å². The highest BCUT2D eigenvalue weighted by atomic mass is 16.7. The molecule has 0 aliphatic heterocycles. The molecule has 0 heterocycles. The summed E-state index contributed by atoms with van der Waals surface area (Å²) in [6, 6.07) is 0. The maximum atomic E-state index is 12.1. The third-order valence-corrected chi connectivity index (χ3v) is 3.05. The topological polar surface area (TPSA) is 63.7 Å². The van der Waals surface area contributed by atoms with Gasteiger partial charge in [-0.3, -0.25) is 4.79 Å². The highest BCUT2D eigenvalue weighted by Gasteiger charge is 2.36. The monoisotopic (exact) mass is 283 g/mol. The van der Waals surface area contributed by atoms with Gasteiger partial charge in [0, 0.05) is 19.9 Å². The van der Waals surface area contributed by atoms with Gasteiger partial charge in [0.1, 0.15) is 6.29 Å². The molecule has 1 amide bonds. The van der Waals surface area contributed by atoms with Crippen LogP contribution in [0.3, 0.4) is 0 Å². The van der Waals surface area contributed by atoms with E-state index >= 15 is 0 Å². The van der Waals surface area contributed by atoms with Crippen LogP contribution in [0.1, 0.15) is 47.0 Å². The zero-order chi connectivity index (χ0) is 16.0. The molecular weight excluding hydrogens is 258 g/mol. The second kappa shape index (κ2) is 7.22. The van der Waals surface area contributed by atoms with Gasteiger partial charge in [0.15, 0.2) is 0 Å². The number of aldehydes is 1. The van der Waals surface area contributed by atoms with Gasteiger partial charge in [0.2, 0.25) is 0 Å². The lowest BCUT2D eigenvalue weighted by Gasteiger charge is -2.31. The van der Waals surface area contributed by atoms with E-state index in [0.717, 1.165) is 5.06 Å². The molecule has 0 fully saturated rings. The Bertz CT molecular complexity index is 385. The maximum absolute atomic E-state index is 12.1. The van der Waals surface area contributed by atoms with Crippen LogP contribution in [0.4, 0.5) is 0 Å². The smallest absolute Gasteiger partial charge is 0.338 e. The van der Waals surface area contributed by atoms with E-state index in [1.165, 1.54) is 7.05 Å². The first-order valence-electron chi connectivity index (χ1n) is 6.62. The highest BCUT2D eigenvalue weighted by Crippen LogP contribution is 2.35. The Morgan fingerprint density at radius 2 is 1.80 bits per heavy atom. The zero-order valence-electron chi connectivity index (χ0n) is 13.1. The molecule has 20 heavy (non-hydrogen) atoms. The Labute approximate surface area is 120 Å². The number of rotatable bonds is 7. The molecule has 0 aliphatic carbocycles. The van der Waals surface area contributed by atoms with Crippen molar-refractivity contribution in [1.29, 1.82) is 0 Å². The second-order valence-electron chi connectivity index (χ2n) is 6.23. The van der Waals surface area contributed by atoms with E-state index in [4.69, 9.17) is 4.84 Å². The van der Waals surface area contributed by atoms with Gasteiger partial charge < -0.3 is 9.63 Å². The molecule has 0 spiro atoms. The lowest BCUT2D eigenvalue weighted by atomic mass is 9.75. The molecule has 0 radical (unpaired) electrons. The zero-order valence-corrected chi connectivity index (χ0v) is 13.1. The van der Waals surface area contributed by atoms with Crippen molar-refractivity contribution in [3.8, 4) is 0 Å². The summed E-state index contributed by atoms with van der Waals surface area (Å²) in [7, 11) is 1.37. The first-order valence-corrected chi connectivity index (χ1v) is 6.62. The number of carbonyl (C=O) groups is 3. The van der Waals surface area contributed by atoms with Crippen molar-refractivity contribution in [1.82, 2.24) is 5.06 Å². The molecule has 0 atom stereocenters. The first kappa shape index (κ1) is 18.4. The number of nitrogens with zero attached hydrogens (tertiary/aromatic N) is 1. The van der Waals surface area contributed by atoms with Gasteiger partial charge in [-0.25, -0.2) is 4.79 Å². The molecule has 0 saturated heterocycles. The predicted molar refractivity (Wildman–Crippen MR) is 76.5 cm³/mol. The summed E-state index contributed by atoms with van der Waals surface area (Å²) in [4.78, 5) is 39.0. The number of hydrogen-bond acceptors (Lipinski definition) is 4. The van der Waals surface area contributed by atoms with Gasteiger partial charge in [-0.2, -0.15) is 5.06 Å². The number of amides is 1. The van der Waals surface area contributed by atoms with E-state index < -0.39 is 17.3 Å². The van der Waals surface area contributed by atoms with Crippen LogP contribution in [0.15, 0.2) is 12.7 Å². The summed E-state index contributed by atoms with van der Waals surface area (Å²) in [5.41, 5.74) is -0.945. The summed E-state index contributed by atoms with van der Waals surface area (Å²) in [6.45, 7) is 11.2. The molecule has 0 saturated carbocycles. The van der Waals surface area contributed by atoms with Crippen molar-refractivity contribution >= 4 is 18.2 Å². The molecule has 0 rings (SSSR count). The Hall–Kier alpha value is -1.65. The van der Waals surface area contributed by atoms with Crippen LogP contribution in [0.25, 0.3) is 0 Å². The van der Waals surface area contributed by atoms with Crippen molar-refractivity contribution in [3.05, 3.63) is 12.7 Å². The molecule has 0 unspecified atom stereocenters. The lowest BCUT2D eigenvalue weighted by molar-refractivity contribution is -0.201. The van der Waals surface area contributed by atoms with Crippen molar-refractivity contribution in [2.24, 2.45) is 10.8 Å². The van der Waals surface area contributed by atoms with Gasteiger partial charge in [-0.1, -0.05) is 19.9 Å². The van der Waals surface area contributed by atoms with E-state index in [1.54, 1.807) is 19.9 Å². The van der Waals surface area contributed by atoms with E-state index in [1.807, 2.05) is 13.8 Å². The van der Waals surface area contributed by atoms with Crippen LogP contribution in [-0.4, -0.2) is 30.3 Å². The molecular formula is C15H25NO4. The van der Waals surface area contributed by atoms with Crippen LogP contribution in [0, 0.1) is 10.8 Å². The third kappa shape index (κ3) is 5.99. The minimum atomic E-state index is -0.739. The molecule has 0 aromatic rings. The van der Waals surface area contributed by atoms with E-state index in [0.29, 0.717) is 12.7 Å². The summed E-state index contributed by atoms with van der Waals surface area (Å²) in [5.74, 6) is -0.876. The molecule has 0 N–H and O–H groups in total. The van der Waals surface area contributed by atoms with Crippen LogP contribution in [0.5, 0.6) is 0 Å². The fourth-order valence-corrected chi connectivity index (χ4v) is 1.92. The normalized spacial score (nSPS) is 11.7. The van der Waals surface area contributed by atoms with Gasteiger partial charge in [-0.15, -0.1) is 6.58 Å². The Balaban J connectivity index is 4.62. The largest absolute Gasteiger partial charge is 0.338 e. The SMILES string of the molecule is C=CC(C)(C)CC(C)(C)C(=O)ON(C)C(=O)CCC=O. The van der Waals surface area contributed by atoms with Crippen molar-refractivity contribution in [2.45, 2.75) is 47.0 Å². The predicted octanol–water partition coefficient (Wildman–Crippen LogP) is 2.51. The van der Waals surface area contributed by atoms with Crippen molar-refractivity contribution in [3.63, 3.8) is 0 Å². The Morgan fingerprint density at radius 3 is 2.25 bits per heavy atom. The molecule has 0 aromatic carbocycles. The fraction of sp³-hybridized carbons (Fsp3) is 0.667.